The lowest BCUT2D eigenvalue weighted by Crippen LogP contribution is -2.41. The van der Waals surface area contributed by atoms with Crippen molar-refractivity contribution in [1.82, 2.24) is 10.2 Å². The topological polar surface area (TPSA) is 15.3 Å². The zero-order valence-electron chi connectivity index (χ0n) is 9.09. The number of hydrogen-bond donors (Lipinski definition) is 1. The van der Waals surface area contributed by atoms with E-state index in [0.717, 1.165) is 18.0 Å². The van der Waals surface area contributed by atoms with E-state index in [1.165, 1.54) is 25.9 Å². The van der Waals surface area contributed by atoms with E-state index in [2.05, 4.69) is 31.0 Å². The van der Waals surface area contributed by atoms with Gasteiger partial charge < -0.3 is 5.32 Å². The van der Waals surface area contributed by atoms with Crippen molar-refractivity contribution in [3.63, 3.8) is 0 Å². The SMILES string of the molecule is CC(C)N1CC2NCCCC2C1C. The predicted molar refractivity (Wildman–Crippen MR) is 55.8 cm³/mol. The summed E-state index contributed by atoms with van der Waals surface area (Å²) in [6.45, 7) is 9.53. The summed E-state index contributed by atoms with van der Waals surface area (Å²) in [6.07, 6.45) is 2.81. The Morgan fingerprint density at radius 3 is 2.77 bits per heavy atom. The maximum atomic E-state index is 3.65. The third-order valence-corrected chi connectivity index (χ3v) is 3.85. The predicted octanol–water partition coefficient (Wildman–Crippen LogP) is 1.47. The highest BCUT2D eigenvalue weighted by molar-refractivity contribution is 4.97. The number of hydrogen-bond acceptors (Lipinski definition) is 2. The Bertz CT molecular complexity index is 177. The highest BCUT2D eigenvalue weighted by Gasteiger charge is 2.40. The van der Waals surface area contributed by atoms with Crippen LogP contribution < -0.4 is 5.32 Å². The number of piperidine rings is 1. The molecule has 2 fully saturated rings. The second-order valence-electron chi connectivity index (χ2n) is 4.90. The van der Waals surface area contributed by atoms with Gasteiger partial charge in [0, 0.05) is 24.7 Å². The van der Waals surface area contributed by atoms with Gasteiger partial charge in [0.25, 0.3) is 0 Å². The fourth-order valence-corrected chi connectivity index (χ4v) is 3.08. The molecule has 76 valence electrons. The van der Waals surface area contributed by atoms with Crippen LogP contribution in [-0.4, -0.2) is 36.1 Å². The van der Waals surface area contributed by atoms with Crippen LogP contribution in [0.1, 0.15) is 33.6 Å². The molecule has 0 aromatic heterocycles. The normalized spacial score (nSPS) is 41.1. The summed E-state index contributed by atoms with van der Waals surface area (Å²) < 4.78 is 0. The molecule has 0 amide bonds. The molecule has 0 saturated carbocycles. The summed E-state index contributed by atoms with van der Waals surface area (Å²) in [4.78, 5) is 2.65. The fraction of sp³-hybridized carbons (Fsp3) is 1.00. The van der Waals surface area contributed by atoms with E-state index in [1.807, 2.05) is 0 Å². The highest BCUT2D eigenvalue weighted by atomic mass is 15.2. The molecule has 0 aromatic rings. The zero-order valence-corrected chi connectivity index (χ0v) is 9.09. The molecule has 2 heteroatoms. The van der Waals surface area contributed by atoms with Crippen molar-refractivity contribution < 1.29 is 0 Å². The zero-order chi connectivity index (χ0) is 9.42. The highest BCUT2D eigenvalue weighted by Crippen LogP contribution is 2.31. The summed E-state index contributed by atoms with van der Waals surface area (Å²) in [6, 6.07) is 2.28. The van der Waals surface area contributed by atoms with Crippen LogP contribution in [0.3, 0.4) is 0 Å². The molecule has 2 saturated heterocycles. The molecule has 3 atom stereocenters. The molecule has 0 bridgehead atoms. The minimum Gasteiger partial charge on any atom is -0.312 e. The quantitative estimate of drug-likeness (QED) is 0.660. The van der Waals surface area contributed by atoms with E-state index in [1.54, 1.807) is 0 Å². The monoisotopic (exact) mass is 182 g/mol. The van der Waals surface area contributed by atoms with Gasteiger partial charge >= 0.3 is 0 Å². The average Bonchev–Trinajstić information content (AvgIpc) is 2.45. The van der Waals surface area contributed by atoms with Crippen molar-refractivity contribution in [1.29, 1.82) is 0 Å². The summed E-state index contributed by atoms with van der Waals surface area (Å²) in [5, 5.41) is 3.65. The first-order valence-corrected chi connectivity index (χ1v) is 5.69. The number of nitrogens with zero attached hydrogens (tertiary/aromatic N) is 1. The standard InChI is InChI=1S/C11H22N2/c1-8(2)13-7-11-10(9(13)3)5-4-6-12-11/h8-12H,4-7H2,1-3H3. The fourth-order valence-electron chi connectivity index (χ4n) is 3.08. The Labute approximate surface area is 81.7 Å². The molecule has 2 aliphatic rings. The molecule has 3 unspecified atom stereocenters. The molecule has 2 aliphatic heterocycles. The molecule has 0 radical (unpaired) electrons. The van der Waals surface area contributed by atoms with Gasteiger partial charge in [-0.1, -0.05) is 0 Å². The lowest BCUT2D eigenvalue weighted by molar-refractivity contribution is 0.191. The molecule has 1 N–H and O–H groups in total. The van der Waals surface area contributed by atoms with Gasteiger partial charge in [-0.2, -0.15) is 0 Å². The minimum atomic E-state index is 0.711. The molecular formula is C11H22N2. The summed E-state index contributed by atoms with van der Waals surface area (Å²) in [5.41, 5.74) is 0. The Kier molecular flexibility index (Phi) is 2.61. The van der Waals surface area contributed by atoms with Crippen LogP contribution in [0.4, 0.5) is 0 Å². The van der Waals surface area contributed by atoms with Crippen LogP contribution in [0.15, 0.2) is 0 Å². The van der Waals surface area contributed by atoms with Gasteiger partial charge in [-0.25, -0.2) is 0 Å². The van der Waals surface area contributed by atoms with E-state index < -0.39 is 0 Å². The lowest BCUT2D eigenvalue weighted by atomic mass is 9.89. The van der Waals surface area contributed by atoms with Crippen LogP contribution in [0.25, 0.3) is 0 Å². The van der Waals surface area contributed by atoms with Crippen molar-refractivity contribution in [2.75, 3.05) is 13.1 Å². The minimum absolute atomic E-state index is 0.711. The summed E-state index contributed by atoms with van der Waals surface area (Å²) >= 11 is 0. The summed E-state index contributed by atoms with van der Waals surface area (Å²) in [5.74, 6) is 0.913. The molecule has 13 heavy (non-hydrogen) atoms. The molecule has 2 rings (SSSR count). The van der Waals surface area contributed by atoms with Crippen molar-refractivity contribution >= 4 is 0 Å². The Morgan fingerprint density at radius 2 is 2.15 bits per heavy atom. The van der Waals surface area contributed by atoms with E-state index in [9.17, 15) is 0 Å². The Hall–Kier alpha value is -0.0800. The van der Waals surface area contributed by atoms with Crippen LogP contribution in [-0.2, 0) is 0 Å². The molecule has 0 aromatic carbocycles. The number of likely N-dealkylation sites (tertiary alicyclic amines) is 1. The van der Waals surface area contributed by atoms with Gasteiger partial charge in [-0.3, -0.25) is 4.90 Å². The first-order valence-electron chi connectivity index (χ1n) is 5.69. The van der Waals surface area contributed by atoms with Crippen molar-refractivity contribution in [3.8, 4) is 0 Å². The van der Waals surface area contributed by atoms with Crippen LogP contribution in [0.2, 0.25) is 0 Å². The van der Waals surface area contributed by atoms with E-state index in [4.69, 9.17) is 0 Å². The van der Waals surface area contributed by atoms with Gasteiger partial charge in [0.2, 0.25) is 0 Å². The lowest BCUT2D eigenvalue weighted by Gasteiger charge is -2.29. The average molecular weight is 182 g/mol. The third-order valence-electron chi connectivity index (χ3n) is 3.85. The third kappa shape index (κ3) is 1.62. The smallest absolute Gasteiger partial charge is 0.0238 e. The van der Waals surface area contributed by atoms with E-state index in [-0.39, 0.29) is 0 Å². The Morgan fingerprint density at radius 1 is 1.38 bits per heavy atom. The van der Waals surface area contributed by atoms with Gasteiger partial charge in [-0.05, 0) is 46.1 Å². The van der Waals surface area contributed by atoms with Crippen LogP contribution in [0, 0.1) is 5.92 Å². The molecule has 2 nitrogen and oxygen atoms in total. The van der Waals surface area contributed by atoms with Crippen molar-refractivity contribution in [2.24, 2.45) is 5.92 Å². The first kappa shape index (κ1) is 9.47. The molecule has 2 heterocycles. The molecular weight excluding hydrogens is 160 g/mol. The van der Waals surface area contributed by atoms with Gasteiger partial charge in [-0.15, -0.1) is 0 Å². The first-order chi connectivity index (χ1) is 6.20. The van der Waals surface area contributed by atoms with Gasteiger partial charge in [0.15, 0.2) is 0 Å². The molecule has 0 aliphatic carbocycles. The van der Waals surface area contributed by atoms with Crippen molar-refractivity contribution in [3.05, 3.63) is 0 Å². The van der Waals surface area contributed by atoms with Crippen LogP contribution >= 0.6 is 0 Å². The summed E-state index contributed by atoms with van der Waals surface area (Å²) in [7, 11) is 0. The maximum absolute atomic E-state index is 3.65. The second kappa shape index (κ2) is 3.58. The second-order valence-corrected chi connectivity index (χ2v) is 4.90. The van der Waals surface area contributed by atoms with Gasteiger partial charge in [0.1, 0.15) is 0 Å². The van der Waals surface area contributed by atoms with Crippen LogP contribution in [0.5, 0.6) is 0 Å². The van der Waals surface area contributed by atoms with Crippen molar-refractivity contribution in [2.45, 2.75) is 51.7 Å². The van der Waals surface area contributed by atoms with E-state index >= 15 is 0 Å². The maximum Gasteiger partial charge on any atom is 0.0238 e. The number of nitrogens with one attached hydrogen (secondary N) is 1. The van der Waals surface area contributed by atoms with Gasteiger partial charge in [0.05, 0.1) is 0 Å². The largest absolute Gasteiger partial charge is 0.312 e. The Balaban J connectivity index is 2.05. The van der Waals surface area contributed by atoms with E-state index in [0.29, 0.717) is 6.04 Å². The molecule has 0 spiro atoms. The number of rotatable bonds is 1. The number of fused-ring (bicyclic) bond motifs is 1.